The Balaban J connectivity index is 1.68. The summed E-state index contributed by atoms with van der Waals surface area (Å²) in [4.78, 5) is 0. The average Bonchev–Trinajstić information content (AvgIpc) is 2.75. The third-order valence-corrected chi connectivity index (χ3v) is 4.42. The van der Waals surface area contributed by atoms with E-state index in [1.54, 1.807) is 0 Å². The van der Waals surface area contributed by atoms with E-state index in [9.17, 15) is 0 Å². The summed E-state index contributed by atoms with van der Waals surface area (Å²) in [7, 11) is 2.01. The van der Waals surface area contributed by atoms with Gasteiger partial charge in [-0.3, -0.25) is 4.68 Å². The molecule has 3 nitrogen and oxygen atoms in total. The summed E-state index contributed by atoms with van der Waals surface area (Å²) in [6.07, 6.45) is 10.3. The van der Waals surface area contributed by atoms with Crippen molar-refractivity contribution in [2.75, 3.05) is 6.54 Å². The Morgan fingerprint density at radius 2 is 2.26 bits per heavy atom. The number of aryl methyl sites for hydroxylation is 2. The lowest BCUT2D eigenvalue weighted by Gasteiger charge is -2.26. The maximum absolute atomic E-state index is 4.48. The molecule has 108 valence electrons. The summed E-state index contributed by atoms with van der Waals surface area (Å²) < 4.78 is 1.93. The fourth-order valence-corrected chi connectivity index (χ4v) is 3.38. The van der Waals surface area contributed by atoms with E-state index in [4.69, 9.17) is 0 Å². The Labute approximate surface area is 117 Å². The monoisotopic (exact) mass is 263 g/mol. The lowest BCUT2D eigenvalue weighted by molar-refractivity contribution is 0.267. The van der Waals surface area contributed by atoms with Crippen molar-refractivity contribution in [3.8, 4) is 0 Å². The molecule has 1 saturated carbocycles. The molecular weight excluding hydrogens is 234 g/mol. The lowest BCUT2D eigenvalue weighted by Crippen LogP contribution is -2.21. The molecular formula is C16H29N3. The van der Waals surface area contributed by atoms with Crippen LogP contribution in [0.25, 0.3) is 0 Å². The number of rotatable bonds is 6. The molecule has 2 unspecified atom stereocenters. The molecule has 0 aromatic carbocycles. The van der Waals surface area contributed by atoms with Crippen LogP contribution in [0.2, 0.25) is 0 Å². The first-order chi connectivity index (χ1) is 9.19. The number of nitrogens with one attached hydrogen (secondary N) is 1. The largest absolute Gasteiger partial charge is 0.313 e. The van der Waals surface area contributed by atoms with Gasteiger partial charge < -0.3 is 5.32 Å². The van der Waals surface area contributed by atoms with Crippen LogP contribution in [0.4, 0.5) is 0 Å². The highest BCUT2D eigenvalue weighted by Crippen LogP contribution is 2.30. The average molecular weight is 263 g/mol. The van der Waals surface area contributed by atoms with Gasteiger partial charge in [0.2, 0.25) is 0 Å². The molecule has 1 aliphatic rings. The molecule has 3 heteroatoms. The molecule has 0 spiro atoms. The summed E-state index contributed by atoms with van der Waals surface area (Å²) in [6.45, 7) is 6.70. The molecule has 1 aromatic heterocycles. The first-order valence-corrected chi connectivity index (χ1v) is 7.91. The van der Waals surface area contributed by atoms with Crippen molar-refractivity contribution in [3.63, 3.8) is 0 Å². The van der Waals surface area contributed by atoms with Crippen molar-refractivity contribution in [1.29, 1.82) is 0 Å². The smallest absolute Gasteiger partial charge is 0.0666 e. The first-order valence-electron chi connectivity index (χ1n) is 7.91. The van der Waals surface area contributed by atoms with Crippen LogP contribution >= 0.6 is 0 Å². The Morgan fingerprint density at radius 3 is 3.00 bits per heavy atom. The molecule has 1 heterocycles. The Bertz CT molecular complexity index is 383. The molecule has 19 heavy (non-hydrogen) atoms. The minimum absolute atomic E-state index is 0.948. The maximum Gasteiger partial charge on any atom is 0.0666 e. The minimum Gasteiger partial charge on any atom is -0.313 e. The highest BCUT2D eigenvalue weighted by molar-refractivity contribution is 5.16. The van der Waals surface area contributed by atoms with Gasteiger partial charge in [-0.15, -0.1) is 0 Å². The number of aromatic nitrogens is 2. The van der Waals surface area contributed by atoms with E-state index < -0.39 is 0 Å². The van der Waals surface area contributed by atoms with Gasteiger partial charge in [0, 0.05) is 25.4 Å². The van der Waals surface area contributed by atoms with Crippen molar-refractivity contribution >= 4 is 0 Å². The molecule has 2 atom stereocenters. The van der Waals surface area contributed by atoms with E-state index in [1.807, 2.05) is 11.7 Å². The van der Waals surface area contributed by atoms with Crippen LogP contribution in [-0.2, 0) is 20.0 Å². The Hall–Kier alpha value is -0.830. The molecule has 1 N–H and O–H groups in total. The van der Waals surface area contributed by atoms with Gasteiger partial charge >= 0.3 is 0 Å². The summed E-state index contributed by atoms with van der Waals surface area (Å²) in [5, 5.41) is 8.08. The maximum atomic E-state index is 4.48. The van der Waals surface area contributed by atoms with E-state index in [0.717, 1.165) is 31.3 Å². The van der Waals surface area contributed by atoms with Crippen LogP contribution in [0.5, 0.6) is 0 Å². The standard InChI is InChI=1S/C16H29N3/c1-4-16-15(12-19(3)18-16)11-17-9-8-14-7-5-6-13(2)10-14/h12-14,17H,4-11H2,1-3H3. The van der Waals surface area contributed by atoms with Crippen molar-refractivity contribution in [2.24, 2.45) is 18.9 Å². The normalized spacial score (nSPS) is 23.7. The second-order valence-corrected chi connectivity index (χ2v) is 6.23. The summed E-state index contributed by atoms with van der Waals surface area (Å²) in [6, 6.07) is 0. The summed E-state index contributed by atoms with van der Waals surface area (Å²) in [5.74, 6) is 1.90. The fourth-order valence-electron chi connectivity index (χ4n) is 3.38. The van der Waals surface area contributed by atoms with E-state index in [0.29, 0.717) is 0 Å². The topological polar surface area (TPSA) is 29.9 Å². The van der Waals surface area contributed by atoms with Gasteiger partial charge in [-0.2, -0.15) is 5.10 Å². The zero-order chi connectivity index (χ0) is 13.7. The molecule has 0 saturated heterocycles. The molecule has 1 fully saturated rings. The summed E-state index contributed by atoms with van der Waals surface area (Å²) in [5.41, 5.74) is 2.60. The number of hydrogen-bond donors (Lipinski definition) is 1. The second kappa shape index (κ2) is 7.09. The predicted octanol–water partition coefficient (Wildman–Crippen LogP) is 3.29. The summed E-state index contributed by atoms with van der Waals surface area (Å²) >= 11 is 0. The zero-order valence-electron chi connectivity index (χ0n) is 12.8. The second-order valence-electron chi connectivity index (χ2n) is 6.23. The van der Waals surface area contributed by atoms with E-state index in [1.165, 1.54) is 43.4 Å². The number of nitrogens with zero attached hydrogens (tertiary/aromatic N) is 2. The SMILES string of the molecule is CCc1nn(C)cc1CNCCC1CCCC(C)C1. The van der Waals surface area contributed by atoms with Gasteiger partial charge in [-0.05, 0) is 37.6 Å². The highest BCUT2D eigenvalue weighted by atomic mass is 15.3. The first kappa shape index (κ1) is 14.6. The predicted molar refractivity (Wildman–Crippen MR) is 80.0 cm³/mol. The van der Waals surface area contributed by atoms with Crippen molar-refractivity contribution in [3.05, 3.63) is 17.5 Å². The van der Waals surface area contributed by atoms with E-state index in [-0.39, 0.29) is 0 Å². The van der Waals surface area contributed by atoms with Crippen LogP contribution in [0, 0.1) is 11.8 Å². The molecule has 2 rings (SSSR count). The van der Waals surface area contributed by atoms with Crippen LogP contribution in [0.1, 0.15) is 57.2 Å². The van der Waals surface area contributed by atoms with Gasteiger partial charge in [0.25, 0.3) is 0 Å². The van der Waals surface area contributed by atoms with Crippen molar-refractivity contribution in [1.82, 2.24) is 15.1 Å². The zero-order valence-corrected chi connectivity index (χ0v) is 12.8. The molecule has 0 aliphatic heterocycles. The highest BCUT2D eigenvalue weighted by Gasteiger charge is 2.18. The Morgan fingerprint density at radius 1 is 1.42 bits per heavy atom. The van der Waals surface area contributed by atoms with Gasteiger partial charge in [-0.1, -0.05) is 33.1 Å². The van der Waals surface area contributed by atoms with E-state index >= 15 is 0 Å². The van der Waals surface area contributed by atoms with Gasteiger partial charge in [0.1, 0.15) is 0 Å². The van der Waals surface area contributed by atoms with Crippen LogP contribution < -0.4 is 5.32 Å². The third kappa shape index (κ3) is 4.34. The lowest BCUT2D eigenvalue weighted by atomic mass is 9.81. The van der Waals surface area contributed by atoms with E-state index in [2.05, 4.69) is 30.5 Å². The van der Waals surface area contributed by atoms with Gasteiger partial charge in [0.05, 0.1) is 5.69 Å². The fraction of sp³-hybridized carbons (Fsp3) is 0.812. The molecule has 0 bridgehead atoms. The van der Waals surface area contributed by atoms with Gasteiger partial charge in [0.15, 0.2) is 0 Å². The van der Waals surface area contributed by atoms with Crippen molar-refractivity contribution in [2.45, 2.75) is 58.9 Å². The molecule has 1 aliphatic carbocycles. The number of hydrogen-bond acceptors (Lipinski definition) is 2. The van der Waals surface area contributed by atoms with Crippen molar-refractivity contribution < 1.29 is 0 Å². The molecule has 0 amide bonds. The third-order valence-electron chi connectivity index (χ3n) is 4.42. The Kier molecular flexibility index (Phi) is 5.44. The molecule has 1 aromatic rings. The molecule has 0 radical (unpaired) electrons. The van der Waals surface area contributed by atoms with Gasteiger partial charge in [-0.25, -0.2) is 0 Å². The van der Waals surface area contributed by atoms with Crippen LogP contribution in [0.15, 0.2) is 6.20 Å². The van der Waals surface area contributed by atoms with Crippen LogP contribution in [0.3, 0.4) is 0 Å². The quantitative estimate of drug-likeness (QED) is 0.798. The van der Waals surface area contributed by atoms with Crippen LogP contribution in [-0.4, -0.2) is 16.3 Å². The minimum atomic E-state index is 0.948.